The Morgan fingerprint density at radius 2 is 2.16 bits per heavy atom. The third-order valence-electron chi connectivity index (χ3n) is 4.10. The fraction of sp³-hybridized carbons (Fsp3) is 0.625. The Hall–Kier alpha value is -0.900. The molecule has 0 spiro atoms. The molecule has 1 aromatic rings. The molecule has 3 nitrogen and oxygen atoms in total. The number of nitrogens with one attached hydrogen (secondary N) is 1. The Labute approximate surface area is 116 Å². The van der Waals surface area contributed by atoms with Crippen LogP contribution in [0.25, 0.3) is 0 Å². The van der Waals surface area contributed by atoms with Gasteiger partial charge in [0.05, 0.1) is 6.61 Å². The van der Waals surface area contributed by atoms with Crippen LogP contribution in [-0.2, 0) is 11.3 Å². The molecule has 2 rings (SSSR count). The molecule has 1 aliphatic heterocycles. The molecule has 3 heteroatoms. The summed E-state index contributed by atoms with van der Waals surface area (Å²) in [6, 6.07) is 9.22. The Bertz CT molecular complexity index is 394. The van der Waals surface area contributed by atoms with Gasteiger partial charge in [-0.15, -0.1) is 0 Å². The van der Waals surface area contributed by atoms with Crippen LogP contribution in [0.4, 0.5) is 0 Å². The smallest absolute Gasteiger partial charge is 0.0716 e. The lowest BCUT2D eigenvalue weighted by Crippen LogP contribution is -2.29. The van der Waals surface area contributed by atoms with E-state index in [1.54, 1.807) is 7.11 Å². The van der Waals surface area contributed by atoms with Gasteiger partial charge in [-0.05, 0) is 50.1 Å². The largest absolute Gasteiger partial charge is 0.380 e. The van der Waals surface area contributed by atoms with Crippen molar-refractivity contribution in [1.29, 1.82) is 0 Å². The summed E-state index contributed by atoms with van der Waals surface area (Å²) in [5, 5.41) is 3.50. The average molecular weight is 262 g/mol. The van der Waals surface area contributed by atoms with Crippen LogP contribution in [0.15, 0.2) is 24.3 Å². The van der Waals surface area contributed by atoms with Gasteiger partial charge in [0.15, 0.2) is 0 Å². The lowest BCUT2D eigenvalue weighted by atomic mass is 9.90. The van der Waals surface area contributed by atoms with Crippen molar-refractivity contribution in [2.75, 3.05) is 33.8 Å². The van der Waals surface area contributed by atoms with Crippen molar-refractivity contribution in [2.45, 2.75) is 26.0 Å². The standard InChI is InChI=1S/C16H26N2O/c1-4-17-11-13-9-10-18(2)16(13)15-8-6-5-7-14(15)12-19-3/h5-8,13,16-17H,4,9-12H2,1-3H3. The number of rotatable bonds is 6. The normalized spacial score (nSPS) is 23.9. The van der Waals surface area contributed by atoms with Gasteiger partial charge in [0.25, 0.3) is 0 Å². The Morgan fingerprint density at radius 3 is 2.89 bits per heavy atom. The van der Waals surface area contributed by atoms with Gasteiger partial charge >= 0.3 is 0 Å². The Morgan fingerprint density at radius 1 is 1.37 bits per heavy atom. The van der Waals surface area contributed by atoms with E-state index in [-0.39, 0.29) is 0 Å². The highest BCUT2D eigenvalue weighted by Crippen LogP contribution is 2.37. The van der Waals surface area contributed by atoms with E-state index < -0.39 is 0 Å². The van der Waals surface area contributed by atoms with E-state index in [0.717, 1.165) is 13.1 Å². The first-order chi connectivity index (χ1) is 9.27. The lowest BCUT2D eigenvalue weighted by Gasteiger charge is -2.27. The topological polar surface area (TPSA) is 24.5 Å². The second-order valence-corrected chi connectivity index (χ2v) is 5.41. The van der Waals surface area contributed by atoms with E-state index in [1.165, 1.54) is 24.1 Å². The van der Waals surface area contributed by atoms with Crippen molar-refractivity contribution in [3.05, 3.63) is 35.4 Å². The maximum atomic E-state index is 5.35. The Kier molecular flexibility index (Phi) is 5.37. The number of benzene rings is 1. The summed E-state index contributed by atoms with van der Waals surface area (Å²) in [4.78, 5) is 2.48. The number of likely N-dealkylation sites (tertiary alicyclic amines) is 1. The van der Waals surface area contributed by atoms with E-state index in [2.05, 4.69) is 48.5 Å². The van der Waals surface area contributed by atoms with Crippen LogP contribution in [0.2, 0.25) is 0 Å². The van der Waals surface area contributed by atoms with E-state index >= 15 is 0 Å². The van der Waals surface area contributed by atoms with Gasteiger partial charge < -0.3 is 10.1 Å². The summed E-state index contributed by atoms with van der Waals surface area (Å²) in [5.41, 5.74) is 2.76. The zero-order valence-electron chi connectivity index (χ0n) is 12.4. The molecule has 19 heavy (non-hydrogen) atoms. The summed E-state index contributed by atoms with van der Waals surface area (Å²) in [5.74, 6) is 0.697. The third-order valence-corrected chi connectivity index (χ3v) is 4.10. The molecule has 1 heterocycles. The van der Waals surface area contributed by atoms with Crippen molar-refractivity contribution in [3.63, 3.8) is 0 Å². The Balaban J connectivity index is 2.21. The molecular weight excluding hydrogens is 236 g/mol. The highest BCUT2D eigenvalue weighted by atomic mass is 16.5. The van der Waals surface area contributed by atoms with Crippen LogP contribution in [0, 0.1) is 5.92 Å². The van der Waals surface area contributed by atoms with Crippen molar-refractivity contribution >= 4 is 0 Å². The highest BCUT2D eigenvalue weighted by Gasteiger charge is 2.33. The van der Waals surface area contributed by atoms with E-state index in [4.69, 9.17) is 4.74 Å². The molecule has 0 radical (unpaired) electrons. The van der Waals surface area contributed by atoms with E-state index in [1.807, 2.05) is 0 Å². The van der Waals surface area contributed by atoms with Crippen LogP contribution in [-0.4, -0.2) is 38.7 Å². The first-order valence-corrected chi connectivity index (χ1v) is 7.25. The molecule has 1 aliphatic rings. The average Bonchev–Trinajstić information content (AvgIpc) is 2.79. The zero-order chi connectivity index (χ0) is 13.7. The minimum absolute atomic E-state index is 0.519. The number of nitrogens with zero attached hydrogens (tertiary/aromatic N) is 1. The molecule has 106 valence electrons. The van der Waals surface area contributed by atoms with Crippen molar-refractivity contribution < 1.29 is 4.74 Å². The van der Waals surface area contributed by atoms with Gasteiger partial charge in [0.2, 0.25) is 0 Å². The summed E-state index contributed by atoms with van der Waals surface area (Å²) < 4.78 is 5.35. The monoisotopic (exact) mass is 262 g/mol. The molecule has 1 aromatic carbocycles. The lowest BCUT2D eigenvalue weighted by molar-refractivity contribution is 0.180. The number of hydrogen-bond donors (Lipinski definition) is 1. The molecule has 0 aliphatic carbocycles. The zero-order valence-corrected chi connectivity index (χ0v) is 12.4. The quantitative estimate of drug-likeness (QED) is 0.852. The van der Waals surface area contributed by atoms with Gasteiger partial charge in [-0.3, -0.25) is 4.90 Å². The minimum atomic E-state index is 0.519. The number of methoxy groups -OCH3 is 1. The maximum absolute atomic E-state index is 5.35. The van der Waals surface area contributed by atoms with Gasteiger partial charge in [-0.25, -0.2) is 0 Å². The van der Waals surface area contributed by atoms with Crippen molar-refractivity contribution in [3.8, 4) is 0 Å². The summed E-state index contributed by atoms with van der Waals surface area (Å²) >= 11 is 0. The van der Waals surface area contributed by atoms with Crippen molar-refractivity contribution in [1.82, 2.24) is 10.2 Å². The molecule has 1 fully saturated rings. The maximum Gasteiger partial charge on any atom is 0.0716 e. The van der Waals surface area contributed by atoms with Crippen LogP contribution in [0.3, 0.4) is 0 Å². The second-order valence-electron chi connectivity index (χ2n) is 5.41. The number of hydrogen-bond acceptors (Lipinski definition) is 3. The fourth-order valence-corrected chi connectivity index (χ4v) is 3.17. The first-order valence-electron chi connectivity index (χ1n) is 7.25. The third kappa shape index (κ3) is 3.35. The van der Waals surface area contributed by atoms with Gasteiger partial charge in [0, 0.05) is 13.2 Å². The summed E-state index contributed by atoms with van der Waals surface area (Å²) in [6.07, 6.45) is 1.27. The minimum Gasteiger partial charge on any atom is -0.380 e. The van der Waals surface area contributed by atoms with Crippen LogP contribution in [0.1, 0.15) is 30.5 Å². The molecule has 0 bridgehead atoms. The summed E-state index contributed by atoms with van der Waals surface area (Å²) in [6.45, 7) is 6.21. The number of ether oxygens (including phenoxy) is 1. The summed E-state index contributed by atoms with van der Waals surface area (Å²) in [7, 11) is 4.01. The predicted molar refractivity (Wildman–Crippen MR) is 79.2 cm³/mol. The molecular formula is C16H26N2O. The molecule has 0 aromatic heterocycles. The molecule has 1 saturated heterocycles. The molecule has 0 amide bonds. The van der Waals surface area contributed by atoms with Crippen LogP contribution < -0.4 is 5.32 Å². The highest BCUT2D eigenvalue weighted by molar-refractivity contribution is 5.31. The van der Waals surface area contributed by atoms with Crippen LogP contribution >= 0.6 is 0 Å². The van der Waals surface area contributed by atoms with E-state index in [9.17, 15) is 0 Å². The van der Waals surface area contributed by atoms with Gasteiger partial charge in [0.1, 0.15) is 0 Å². The molecule has 1 N–H and O–H groups in total. The predicted octanol–water partition coefficient (Wildman–Crippen LogP) is 2.44. The molecule has 2 atom stereocenters. The molecule has 2 unspecified atom stereocenters. The van der Waals surface area contributed by atoms with Crippen molar-refractivity contribution in [2.24, 2.45) is 5.92 Å². The fourth-order valence-electron chi connectivity index (χ4n) is 3.17. The second kappa shape index (κ2) is 7.04. The van der Waals surface area contributed by atoms with Crippen LogP contribution in [0.5, 0.6) is 0 Å². The van der Waals surface area contributed by atoms with Gasteiger partial charge in [-0.1, -0.05) is 31.2 Å². The SMILES string of the molecule is CCNCC1CCN(C)C1c1ccccc1COC. The first kappa shape index (κ1) is 14.5. The molecule has 0 saturated carbocycles. The van der Waals surface area contributed by atoms with Gasteiger partial charge in [-0.2, -0.15) is 0 Å². The van der Waals surface area contributed by atoms with E-state index in [0.29, 0.717) is 18.6 Å².